The van der Waals surface area contributed by atoms with Gasteiger partial charge in [0, 0.05) is 37.1 Å². The molecule has 2 N–H and O–H groups in total. The summed E-state index contributed by atoms with van der Waals surface area (Å²) in [5.74, 6) is -2.93. The molecule has 1 atom stereocenters. The van der Waals surface area contributed by atoms with Crippen LogP contribution in [-0.2, 0) is 36.3 Å². The summed E-state index contributed by atoms with van der Waals surface area (Å²) in [6.45, 7) is 2.74. The second kappa shape index (κ2) is 10.0. The van der Waals surface area contributed by atoms with Crippen LogP contribution in [-0.4, -0.2) is 44.2 Å². The summed E-state index contributed by atoms with van der Waals surface area (Å²) in [7, 11) is 1.96. The van der Waals surface area contributed by atoms with E-state index in [0.29, 0.717) is 13.1 Å². The Hall–Kier alpha value is -3.12. The van der Waals surface area contributed by atoms with Crippen molar-refractivity contribution in [3.05, 3.63) is 64.3 Å². The fourth-order valence-corrected chi connectivity index (χ4v) is 4.00. The zero-order valence-corrected chi connectivity index (χ0v) is 17.8. The van der Waals surface area contributed by atoms with Gasteiger partial charge < -0.3 is 19.4 Å². The van der Waals surface area contributed by atoms with E-state index in [9.17, 15) is 18.0 Å². The molecule has 1 unspecified atom stereocenters. The standard InChI is InChI=1S/C18H20N4O2S.C2HF3O2/c1-21-12-20-16-10-22(8-13-4-5-24-11-13)9-15(17(16)21)18(23)19-7-14-3-2-6-25-14;3-2(4,5)1(6)7/h2-6,11-12,15H,7-10H2,1H3,(H,19,23);(H,6,7). The fraction of sp³-hybridized carbons (Fsp3) is 0.350. The number of alkyl halides is 3. The molecule has 3 aromatic rings. The highest BCUT2D eigenvalue weighted by atomic mass is 32.1. The molecular weight excluding hydrogens is 449 g/mol. The molecule has 4 rings (SSSR count). The molecule has 0 saturated heterocycles. The zero-order valence-electron chi connectivity index (χ0n) is 17.0. The third-order valence-electron chi connectivity index (χ3n) is 4.77. The molecule has 4 heterocycles. The van der Waals surface area contributed by atoms with E-state index in [0.717, 1.165) is 34.9 Å². The number of carboxylic acids is 1. The number of amides is 1. The number of fused-ring (bicyclic) bond motifs is 1. The SMILES string of the molecule is Cn1cnc2c1C(C(=O)NCc1cccs1)CN(Cc1ccoc1)C2.O=C(O)C(F)(F)F. The van der Waals surface area contributed by atoms with Gasteiger partial charge in [0.25, 0.3) is 0 Å². The number of imidazole rings is 1. The maximum absolute atomic E-state index is 12.9. The smallest absolute Gasteiger partial charge is 0.475 e. The molecular formula is C20H21F3N4O4S. The molecule has 0 fully saturated rings. The Labute approximate surface area is 185 Å². The first-order chi connectivity index (χ1) is 15.1. The van der Waals surface area contributed by atoms with Crippen LogP contribution in [0, 0.1) is 0 Å². The van der Waals surface area contributed by atoms with Gasteiger partial charge in [-0.2, -0.15) is 13.2 Å². The van der Waals surface area contributed by atoms with E-state index in [4.69, 9.17) is 14.3 Å². The van der Waals surface area contributed by atoms with E-state index in [2.05, 4.69) is 15.2 Å². The number of aromatic nitrogens is 2. The highest BCUT2D eigenvalue weighted by Gasteiger charge is 2.38. The van der Waals surface area contributed by atoms with Gasteiger partial charge >= 0.3 is 12.1 Å². The van der Waals surface area contributed by atoms with Crippen molar-refractivity contribution in [2.24, 2.45) is 7.05 Å². The van der Waals surface area contributed by atoms with E-state index < -0.39 is 12.1 Å². The normalized spacial score (nSPS) is 16.1. The predicted octanol–water partition coefficient (Wildman–Crippen LogP) is 3.12. The second-order valence-corrected chi connectivity index (χ2v) is 8.17. The van der Waals surface area contributed by atoms with Crippen molar-refractivity contribution in [1.29, 1.82) is 0 Å². The number of carboxylic acid groups (broad SMARTS) is 1. The molecule has 3 aromatic heterocycles. The molecule has 172 valence electrons. The van der Waals surface area contributed by atoms with Crippen LogP contribution in [0.25, 0.3) is 0 Å². The van der Waals surface area contributed by atoms with Crippen molar-refractivity contribution in [1.82, 2.24) is 19.8 Å². The Balaban J connectivity index is 0.000000360. The highest BCUT2D eigenvalue weighted by Crippen LogP contribution is 2.28. The Morgan fingerprint density at radius 2 is 2.12 bits per heavy atom. The Morgan fingerprint density at radius 3 is 2.72 bits per heavy atom. The summed E-state index contributed by atoms with van der Waals surface area (Å²) in [6, 6.07) is 5.99. The van der Waals surface area contributed by atoms with Gasteiger partial charge in [-0.05, 0) is 17.5 Å². The summed E-state index contributed by atoms with van der Waals surface area (Å²) in [4.78, 5) is 29.7. The minimum atomic E-state index is -5.08. The molecule has 0 aromatic carbocycles. The number of hydrogen-bond donors (Lipinski definition) is 2. The number of rotatable bonds is 5. The Kier molecular flexibility index (Phi) is 7.36. The maximum Gasteiger partial charge on any atom is 0.490 e. The lowest BCUT2D eigenvalue weighted by molar-refractivity contribution is -0.192. The molecule has 0 spiro atoms. The van der Waals surface area contributed by atoms with E-state index >= 15 is 0 Å². The van der Waals surface area contributed by atoms with Gasteiger partial charge in [-0.25, -0.2) is 9.78 Å². The Bertz CT molecular complexity index is 1030. The molecule has 0 saturated carbocycles. The summed E-state index contributed by atoms with van der Waals surface area (Å²) in [5, 5.41) is 12.2. The highest BCUT2D eigenvalue weighted by molar-refractivity contribution is 7.09. The number of thiophene rings is 1. The quantitative estimate of drug-likeness (QED) is 0.594. The average Bonchev–Trinajstić information content (AvgIpc) is 3.49. The fourth-order valence-electron chi connectivity index (χ4n) is 3.36. The van der Waals surface area contributed by atoms with Crippen molar-refractivity contribution in [2.45, 2.75) is 31.7 Å². The predicted molar refractivity (Wildman–Crippen MR) is 109 cm³/mol. The van der Waals surface area contributed by atoms with Crippen LogP contribution >= 0.6 is 11.3 Å². The monoisotopic (exact) mass is 470 g/mol. The van der Waals surface area contributed by atoms with Crippen molar-refractivity contribution >= 4 is 23.2 Å². The summed E-state index contributed by atoms with van der Waals surface area (Å²) in [5.41, 5.74) is 3.11. The van der Waals surface area contributed by atoms with Crippen LogP contribution in [0.4, 0.5) is 13.2 Å². The molecule has 0 bridgehead atoms. The minimum absolute atomic E-state index is 0.0511. The number of halogens is 3. The maximum atomic E-state index is 12.9. The number of carbonyl (C=O) groups excluding carboxylic acids is 1. The Morgan fingerprint density at radius 1 is 1.38 bits per heavy atom. The molecule has 0 aliphatic carbocycles. The first kappa shape index (κ1) is 23.5. The molecule has 8 nitrogen and oxygen atoms in total. The lowest BCUT2D eigenvalue weighted by Crippen LogP contribution is -2.41. The third kappa shape index (κ3) is 5.98. The average molecular weight is 470 g/mol. The van der Waals surface area contributed by atoms with E-state index in [1.165, 1.54) is 0 Å². The van der Waals surface area contributed by atoms with Gasteiger partial charge in [0.2, 0.25) is 5.91 Å². The molecule has 12 heteroatoms. The molecule has 1 aliphatic rings. The second-order valence-electron chi connectivity index (χ2n) is 7.14. The lowest BCUT2D eigenvalue weighted by Gasteiger charge is -2.31. The molecule has 1 aliphatic heterocycles. The van der Waals surface area contributed by atoms with Crippen LogP contribution in [0.2, 0.25) is 0 Å². The number of aliphatic carboxylic acids is 1. The number of nitrogens with zero attached hydrogens (tertiary/aromatic N) is 3. The van der Waals surface area contributed by atoms with Gasteiger partial charge in [-0.1, -0.05) is 6.07 Å². The molecule has 1 amide bonds. The van der Waals surface area contributed by atoms with E-state index in [-0.39, 0.29) is 11.8 Å². The topological polar surface area (TPSA) is 101 Å². The third-order valence-corrected chi connectivity index (χ3v) is 5.65. The van der Waals surface area contributed by atoms with Gasteiger partial charge in [-0.15, -0.1) is 11.3 Å². The summed E-state index contributed by atoms with van der Waals surface area (Å²) >= 11 is 1.65. The van der Waals surface area contributed by atoms with Crippen LogP contribution in [0.3, 0.4) is 0 Å². The zero-order chi connectivity index (χ0) is 23.3. The largest absolute Gasteiger partial charge is 0.490 e. The van der Waals surface area contributed by atoms with Crippen LogP contribution in [0.5, 0.6) is 0 Å². The number of furan rings is 1. The summed E-state index contributed by atoms with van der Waals surface area (Å²) in [6.07, 6.45) is 0.141. The van der Waals surface area contributed by atoms with Crippen LogP contribution < -0.4 is 5.32 Å². The van der Waals surface area contributed by atoms with E-state index in [1.54, 1.807) is 30.2 Å². The van der Waals surface area contributed by atoms with Crippen molar-refractivity contribution in [3.8, 4) is 0 Å². The first-order valence-corrected chi connectivity index (χ1v) is 10.4. The van der Waals surface area contributed by atoms with Crippen LogP contribution in [0.1, 0.15) is 27.7 Å². The van der Waals surface area contributed by atoms with Gasteiger partial charge in [0.15, 0.2) is 0 Å². The minimum Gasteiger partial charge on any atom is -0.475 e. The molecule has 32 heavy (non-hydrogen) atoms. The van der Waals surface area contributed by atoms with E-state index in [1.807, 2.05) is 35.2 Å². The van der Waals surface area contributed by atoms with Crippen molar-refractivity contribution in [3.63, 3.8) is 0 Å². The number of nitrogens with one attached hydrogen (secondary N) is 1. The molecule has 0 radical (unpaired) electrons. The van der Waals surface area contributed by atoms with Crippen LogP contribution in [0.15, 0.2) is 46.8 Å². The van der Waals surface area contributed by atoms with Gasteiger partial charge in [0.05, 0.1) is 42.7 Å². The number of aryl methyl sites for hydroxylation is 1. The van der Waals surface area contributed by atoms with Gasteiger partial charge in [-0.3, -0.25) is 9.69 Å². The van der Waals surface area contributed by atoms with Crippen molar-refractivity contribution in [2.75, 3.05) is 6.54 Å². The first-order valence-electron chi connectivity index (χ1n) is 9.49. The number of hydrogen-bond acceptors (Lipinski definition) is 6. The van der Waals surface area contributed by atoms with Crippen molar-refractivity contribution < 1.29 is 32.3 Å². The number of carbonyl (C=O) groups is 2. The summed E-state index contributed by atoms with van der Waals surface area (Å²) < 4.78 is 38.9. The lowest BCUT2D eigenvalue weighted by atomic mass is 9.96. The van der Waals surface area contributed by atoms with Gasteiger partial charge in [0.1, 0.15) is 0 Å².